The summed E-state index contributed by atoms with van der Waals surface area (Å²) < 4.78 is 5.62. The lowest BCUT2D eigenvalue weighted by Crippen LogP contribution is -2.24. The third-order valence-corrected chi connectivity index (χ3v) is 3.43. The van der Waals surface area contributed by atoms with Crippen molar-refractivity contribution in [2.24, 2.45) is 10.8 Å². The first-order valence-electron chi connectivity index (χ1n) is 7.38. The van der Waals surface area contributed by atoms with Gasteiger partial charge in [-0.15, -0.1) is 0 Å². The summed E-state index contributed by atoms with van der Waals surface area (Å²) in [7, 11) is 0. The molecule has 0 aliphatic heterocycles. The van der Waals surface area contributed by atoms with Crippen LogP contribution in [0.4, 0.5) is 0 Å². The summed E-state index contributed by atoms with van der Waals surface area (Å²) >= 11 is 4.71. The van der Waals surface area contributed by atoms with Gasteiger partial charge in [0.2, 0.25) is 0 Å². The molecule has 6 nitrogen and oxygen atoms in total. The largest absolute Gasteiger partial charge is 0.420 e. The van der Waals surface area contributed by atoms with Gasteiger partial charge in [0.05, 0.1) is 11.8 Å². The van der Waals surface area contributed by atoms with Crippen molar-refractivity contribution < 1.29 is 9.53 Å². The van der Waals surface area contributed by atoms with Crippen LogP contribution < -0.4 is 15.9 Å². The number of nitrogens with one attached hydrogen (secondary N) is 1. The summed E-state index contributed by atoms with van der Waals surface area (Å²) in [5.41, 5.74) is 9.40. The second-order valence-electron chi connectivity index (χ2n) is 5.05. The van der Waals surface area contributed by atoms with Gasteiger partial charge < -0.3 is 10.5 Å². The minimum Gasteiger partial charge on any atom is -0.420 e. The van der Waals surface area contributed by atoms with Crippen LogP contribution in [0.25, 0.3) is 10.9 Å². The molecule has 0 spiro atoms. The van der Waals surface area contributed by atoms with E-state index in [0.717, 1.165) is 5.39 Å². The highest BCUT2D eigenvalue weighted by Crippen LogP contribution is 2.28. The molecule has 0 unspecified atom stereocenters. The Morgan fingerprint density at radius 3 is 2.72 bits per heavy atom. The second-order valence-corrected chi connectivity index (χ2v) is 5.49. The molecular formula is C18H14N4O2S. The van der Waals surface area contributed by atoms with Gasteiger partial charge in [-0.05, 0) is 36.5 Å². The normalized spacial score (nSPS) is 10.7. The molecule has 124 valence electrons. The molecule has 0 saturated carbocycles. The van der Waals surface area contributed by atoms with E-state index in [1.165, 1.54) is 6.21 Å². The zero-order valence-corrected chi connectivity index (χ0v) is 13.9. The lowest BCUT2D eigenvalue weighted by Gasteiger charge is -2.10. The first-order chi connectivity index (χ1) is 12.1. The molecule has 0 fully saturated rings. The number of hydrazone groups is 1. The predicted molar refractivity (Wildman–Crippen MR) is 101 cm³/mol. The van der Waals surface area contributed by atoms with Gasteiger partial charge in [0.15, 0.2) is 10.9 Å². The molecule has 1 aromatic heterocycles. The van der Waals surface area contributed by atoms with Gasteiger partial charge in [-0.1, -0.05) is 30.3 Å². The maximum Gasteiger partial charge on any atom is 0.343 e. The first-order valence-corrected chi connectivity index (χ1v) is 7.79. The number of carbonyl (C=O) groups excluding carboxylic acids is 1. The van der Waals surface area contributed by atoms with Gasteiger partial charge in [-0.3, -0.25) is 10.4 Å². The quantitative estimate of drug-likeness (QED) is 0.247. The van der Waals surface area contributed by atoms with Crippen molar-refractivity contribution in [1.82, 2.24) is 10.4 Å². The number of fused-ring (bicyclic) bond motifs is 1. The van der Waals surface area contributed by atoms with Crippen LogP contribution in [0.5, 0.6) is 5.75 Å². The Hall–Kier alpha value is -3.32. The fourth-order valence-electron chi connectivity index (χ4n) is 2.23. The van der Waals surface area contributed by atoms with Crippen molar-refractivity contribution in [2.45, 2.75) is 0 Å². The molecule has 0 saturated heterocycles. The van der Waals surface area contributed by atoms with E-state index >= 15 is 0 Å². The maximum atomic E-state index is 12.4. The number of esters is 1. The molecule has 1 heterocycles. The minimum atomic E-state index is -0.476. The highest BCUT2D eigenvalue weighted by Gasteiger charge is 2.15. The van der Waals surface area contributed by atoms with Crippen LogP contribution in [0.15, 0.2) is 65.9 Å². The summed E-state index contributed by atoms with van der Waals surface area (Å²) in [6.07, 6.45) is 3.11. The van der Waals surface area contributed by atoms with Crippen molar-refractivity contribution in [3.8, 4) is 5.75 Å². The molecule has 0 radical (unpaired) electrons. The Kier molecular flexibility index (Phi) is 4.96. The fourth-order valence-corrected chi connectivity index (χ4v) is 2.29. The summed E-state index contributed by atoms with van der Waals surface area (Å²) in [6, 6.07) is 16.1. The fraction of sp³-hybridized carbons (Fsp3) is 0. The van der Waals surface area contributed by atoms with E-state index in [1.54, 1.807) is 36.5 Å². The molecular weight excluding hydrogens is 336 g/mol. The summed E-state index contributed by atoms with van der Waals surface area (Å²) in [4.78, 5) is 16.8. The third-order valence-electron chi connectivity index (χ3n) is 3.34. The van der Waals surface area contributed by atoms with E-state index in [0.29, 0.717) is 22.4 Å². The Bertz CT molecular complexity index is 958. The summed E-state index contributed by atoms with van der Waals surface area (Å²) in [5, 5.41) is 4.81. The van der Waals surface area contributed by atoms with Crippen molar-refractivity contribution in [3.63, 3.8) is 0 Å². The van der Waals surface area contributed by atoms with Gasteiger partial charge in [0, 0.05) is 17.1 Å². The Labute approximate surface area is 149 Å². The maximum absolute atomic E-state index is 12.4. The lowest BCUT2D eigenvalue weighted by molar-refractivity contribution is 0.0736. The van der Waals surface area contributed by atoms with Gasteiger partial charge >= 0.3 is 5.97 Å². The van der Waals surface area contributed by atoms with E-state index in [2.05, 4.69) is 15.5 Å². The molecule has 0 aliphatic carbocycles. The van der Waals surface area contributed by atoms with Gasteiger partial charge in [0.1, 0.15) is 5.52 Å². The number of nitrogens with two attached hydrogens (primary N) is 1. The molecule has 7 heteroatoms. The average Bonchev–Trinajstić information content (AvgIpc) is 2.63. The zero-order chi connectivity index (χ0) is 17.6. The molecule has 3 rings (SSSR count). The van der Waals surface area contributed by atoms with Crippen LogP contribution in [-0.4, -0.2) is 22.3 Å². The van der Waals surface area contributed by atoms with E-state index in [9.17, 15) is 4.79 Å². The Balaban J connectivity index is 2.02. The molecule has 0 bridgehead atoms. The Morgan fingerprint density at radius 1 is 1.16 bits per heavy atom. The Morgan fingerprint density at radius 2 is 1.96 bits per heavy atom. The zero-order valence-electron chi connectivity index (χ0n) is 13.0. The van der Waals surface area contributed by atoms with Crippen LogP contribution in [-0.2, 0) is 0 Å². The second kappa shape index (κ2) is 7.50. The van der Waals surface area contributed by atoms with E-state index < -0.39 is 5.97 Å². The van der Waals surface area contributed by atoms with Crippen molar-refractivity contribution in [1.29, 1.82) is 0 Å². The molecule has 3 N–H and O–H groups in total. The number of rotatable bonds is 4. The van der Waals surface area contributed by atoms with E-state index in [-0.39, 0.29) is 5.11 Å². The number of ether oxygens (including phenoxy) is 1. The van der Waals surface area contributed by atoms with E-state index in [4.69, 9.17) is 22.7 Å². The predicted octanol–water partition coefficient (Wildman–Crippen LogP) is 2.62. The summed E-state index contributed by atoms with van der Waals surface area (Å²) in [6.45, 7) is 0. The smallest absolute Gasteiger partial charge is 0.343 e. The van der Waals surface area contributed by atoms with Gasteiger partial charge in [0.25, 0.3) is 0 Å². The van der Waals surface area contributed by atoms with Crippen LogP contribution in [0.2, 0.25) is 0 Å². The van der Waals surface area contributed by atoms with Gasteiger partial charge in [-0.25, -0.2) is 4.79 Å². The standard InChI is InChI=1S/C18H14N4O2S/c19-18(25)22-21-11-14-9-8-12-7-4-10-20-15(12)16(14)24-17(23)13-5-2-1-3-6-13/h1-11H,(H3,19,22,25). The number of nitrogens with zero attached hydrogens (tertiary/aromatic N) is 2. The first kappa shape index (κ1) is 16.5. The van der Waals surface area contributed by atoms with Crippen LogP contribution in [0, 0.1) is 0 Å². The highest BCUT2D eigenvalue weighted by atomic mass is 32.1. The number of carbonyl (C=O) groups is 1. The molecule has 2 aromatic carbocycles. The molecule has 25 heavy (non-hydrogen) atoms. The third kappa shape index (κ3) is 3.96. The minimum absolute atomic E-state index is 0.0398. The van der Waals surface area contributed by atoms with Crippen LogP contribution >= 0.6 is 12.2 Å². The number of thiocarbonyl (C=S) groups is 1. The number of aromatic nitrogens is 1. The lowest BCUT2D eigenvalue weighted by atomic mass is 10.1. The van der Waals surface area contributed by atoms with Crippen molar-refractivity contribution in [2.75, 3.05) is 0 Å². The highest BCUT2D eigenvalue weighted by molar-refractivity contribution is 7.80. The number of benzene rings is 2. The molecule has 0 atom stereocenters. The topological polar surface area (TPSA) is 89.6 Å². The van der Waals surface area contributed by atoms with Crippen LogP contribution in [0.3, 0.4) is 0 Å². The monoisotopic (exact) mass is 350 g/mol. The average molecular weight is 350 g/mol. The van der Waals surface area contributed by atoms with Crippen molar-refractivity contribution >= 4 is 40.4 Å². The number of pyridine rings is 1. The van der Waals surface area contributed by atoms with Crippen molar-refractivity contribution in [3.05, 3.63) is 71.9 Å². The number of hydrogen-bond donors (Lipinski definition) is 2. The van der Waals surface area contributed by atoms with Crippen LogP contribution in [0.1, 0.15) is 15.9 Å². The molecule has 0 aliphatic rings. The molecule has 3 aromatic rings. The molecule has 0 amide bonds. The number of hydrogen-bond acceptors (Lipinski definition) is 5. The summed E-state index contributed by atoms with van der Waals surface area (Å²) in [5.74, 6) is -0.156. The van der Waals surface area contributed by atoms with Gasteiger partial charge in [-0.2, -0.15) is 5.10 Å². The van der Waals surface area contributed by atoms with E-state index in [1.807, 2.05) is 24.3 Å². The SMILES string of the molecule is NC(=S)NN=Cc1ccc2cccnc2c1OC(=O)c1ccccc1.